The molecule has 1 aromatic heterocycles. The second-order valence-corrected chi connectivity index (χ2v) is 7.19. The Balaban J connectivity index is 1.87. The standard InChI is InChI=1S/C23H24ClN3O4/c1-4-30-21-13-20(15-7-6-8-16(24)11-15)27-19-10-9-17(12-18(19)21)26-23(29)25-14(3)22(28)31-5-2/h6-14H,4-5H2,1-3H3,(H2,25,26,29)/t14-/m1/s1. The number of esters is 1. The van der Waals surface area contributed by atoms with Crippen LogP contribution in [-0.2, 0) is 9.53 Å². The molecule has 0 aliphatic carbocycles. The van der Waals surface area contributed by atoms with Crippen LogP contribution >= 0.6 is 11.6 Å². The van der Waals surface area contributed by atoms with Crippen LogP contribution in [0.3, 0.4) is 0 Å². The van der Waals surface area contributed by atoms with Crippen LogP contribution < -0.4 is 15.4 Å². The van der Waals surface area contributed by atoms with E-state index in [1.165, 1.54) is 0 Å². The van der Waals surface area contributed by atoms with Gasteiger partial charge in [0, 0.05) is 27.7 Å². The largest absolute Gasteiger partial charge is 0.493 e. The second kappa shape index (κ2) is 10.1. The number of fused-ring (bicyclic) bond motifs is 1. The number of benzene rings is 2. The van der Waals surface area contributed by atoms with E-state index in [0.717, 1.165) is 16.6 Å². The third-order valence-electron chi connectivity index (χ3n) is 4.44. The van der Waals surface area contributed by atoms with Crippen molar-refractivity contribution in [3.05, 3.63) is 53.6 Å². The van der Waals surface area contributed by atoms with Crippen LogP contribution in [0, 0.1) is 0 Å². The molecular weight excluding hydrogens is 418 g/mol. The minimum Gasteiger partial charge on any atom is -0.493 e. The van der Waals surface area contributed by atoms with Gasteiger partial charge in [0.25, 0.3) is 0 Å². The topological polar surface area (TPSA) is 89.5 Å². The lowest BCUT2D eigenvalue weighted by Gasteiger charge is -2.15. The van der Waals surface area contributed by atoms with Crippen molar-refractivity contribution in [3.8, 4) is 17.0 Å². The van der Waals surface area contributed by atoms with Gasteiger partial charge >= 0.3 is 12.0 Å². The number of carbonyl (C=O) groups excluding carboxylic acids is 2. The predicted molar refractivity (Wildman–Crippen MR) is 122 cm³/mol. The molecule has 0 radical (unpaired) electrons. The summed E-state index contributed by atoms with van der Waals surface area (Å²) in [6.45, 7) is 5.90. The van der Waals surface area contributed by atoms with Crippen molar-refractivity contribution in [1.82, 2.24) is 10.3 Å². The Morgan fingerprint density at radius 1 is 1.10 bits per heavy atom. The molecule has 0 fully saturated rings. The summed E-state index contributed by atoms with van der Waals surface area (Å²) >= 11 is 6.12. The van der Waals surface area contributed by atoms with E-state index >= 15 is 0 Å². The summed E-state index contributed by atoms with van der Waals surface area (Å²) in [6.07, 6.45) is 0. The van der Waals surface area contributed by atoms with Gasteiger partial charge in [-0.15, -0.1) is 0 Å². The minimum atomic E-state index is -0.763. The Labute approximate surface area is 185 Å². The molecule has 31 heavy (non-hydrogen) atoms. The number of anilines is 1. The maximum atomic E-state index is 12.3. The zero-order valence-electron chi connectivity index (χ0n) is 17.6. The molecule has 2 amide bonds. The van der Waals surface area contributed by atoms with E-state index in [1.54, 1.807) is 38.1 Å². The Hall–Kier alpha value is -3.32. The molecule has 0 unspecified atom stereocenters. The van der Waals surface area contributed by atoms with E-state index in [4.69, 9.17) is 26.1 Å². The van der Waals surface area contributed by atoms with Crippen LogP contribution in [0.25, 0.3) is 22.2 Å². The Morgan fingerprint density at radius 2 is 1.90 bits per heavy atom. The molecule has 8 heteroatoms. The lowest BCUT2D eigenvalue weighted by atomic mass is 10.1. The monoisotopic (exact) mass is 441 g/mol. The first-order valence-corrected chi connectivity index (χ1v) is 10.4. The number of nitrogens with one attached hydrogen (secondary N) is 2. The Bertz CT molecular complexity index is 1100. The summed E-state index contributed by atoms with van der Waals surface area (Å²) in [6, 6.07) is 13.3. The summed E-state index contributed by atoms with van der Waals surface area (Å²) < 4.78 is 10.7. The van der Waals surface area contributed by atoms with Crippen molar-refractivity contribution in [2.24, 2.45) is 0 Å². The average molecular weight is 442 g/mol. The molecule has 2 aromatic carbocycles. The van der Waals surface area contributed by atoms with Gasteiger partial charge in [0.15, 0.2) is 0 Å². The Morgan fingerprint density at radius 3 is 2.61 bits per heavy atom. The van der Waals surface area contributed by atoms with Gasteiger partial charge in [-0.25, -0.2) is 14.6 Å². The third-order valence-corrected chi connectivity index (χ3v) is 4.67. The number of aromatic nitrogens is 1. The number of carbonyl (C=O) groups is 2. The summed E-state index contributed by atoms with van der Waals surface area (Å²) in [4.78, 5) is 28.7. The van der Waals surface area contributed by atoms with Gasteiger partial charge in [-0.2, -0.15) is 0 Å². The fourth-order valence-electron chi connectivity index (χ4n) is 3.03. The predicted octanol–water partition coefficient (Wildman–Crippen LogP) is 5.03. The van der Waals surface area contributed by atoms with Crippen LogP contribution in [0.15, 0.2) is 48.5 Å². The number of halogens is 1. The Kier molecular flexibility index (Phi) is 7.31. The van der Waals surface area contributed by atoms with E-state index in [1.807, 2.05) is 31.2 Å². The van der Waals surface area contributed by atoms with Crippen LogP contribution in [0.1, 0.15) is 20.8 Å². The molecule has 3 rings (SSSR count). The normalized spacial score (nSPS) is 11.6. The van der Waals surface area contributed by atoms with Gasteiger partial charge in [0.1, 0.15) is 11.8 Å². The summed E-state index contributed by atoms with van der Waals surface area (Å²) in [5.74, 6) is 0.152. The van der Waals surface area contributed by atoms with Gasteiger partial charge in [-0.1, -0.05) is 23.7 Å². The van der Waals surface area contributed by atoms with E-state index in [9.17, 15) is 9.59 Å². The lowest BCUT2D eigenvalue weighted by Crippen LogP contribution is -2.41. The van der Waals surface area contributed by atoms with Crippen LogP contribution in [-0.4, -0.2) is 36.2 Å². The van der Waals surface area contributed by atoms with Crippen molar-refractivity contribution in [2.75, 3.05) is 18.5 Å². The first kappa shape index (κ1) is 22.4. The molecule has 7 nitrogen and oxygen atoms in total. The van der Waals surface area contributed by atoms with E-state index in [2.05, 4.69) is 10.6 Å². The van der Waals surface area contributed by atoms with E-state index in [0.29, 0.717) is 28.6 Å². The van der Waals surface area contributed by atoms with Crippen molar-refractivity contribution >= 4 is 40.2 Å². The molecule has 0 aliphatic rings. The van der Waals surface area contributed by atoms with Crippen molar-refractivity contribution in [1.29, 1.82) is 0 Å². The van der Waals surface area contributed by atoms with Crippen LogP contribution in [0.5, 0.6) is 5.75 Å². The van der Waals surface area contributed by atoms with Crippen molar-refractivity contribution in [3.63, 3.8) is 0 Å². The molecule has 1 heterocycles. The first-order chi connectivity index (χ1) is 14.9. The summed E-state index contributed by atoms with van der Waals surface area (Å²) in [7, 11) is 0. The third kappa shape index (κ3) is 5.64. The highest BCUT2D eigenvalue weighted by atomic mass is 35.5. The highest BCUT2D eigenvalue weighted by molar-refractivity contribution is 6.30. The molecule has 1 atom stereocenters. The number of hydrogen-bond donors (Lipinski definition) is 2. The maximum absolute atomic E-state index is 12.3. The second-order valence-electron chi connectivity index (χ2n) is 6.75. The van der Waals surface area contributed by atoms with E-state index < -0.39 is 18.0 Å². The fraction of sp³-hybridized carbons (Fsp3) is 0.261. The highest BCUT2D eigenvalue weighted by Crippen LogP contribution is 2.32. The molecule has 0 saturated heterocycles. The smallest absolute Gasteiger partial charge is 0.328 e. The van der Waals surface area contributed by atoms with Gasteiger partial charge in [-0.05, 0) is 51.1 Å². The summed E-state index contributed by atoms with van der Waals surface area (Å²) in [5.41, 5.74) is 2.87. The molecule has 0 aliphatic heterocycles. The molecule has 3 aromatic rings. The van der Waals surface area contributed by atoms with Gasteiger partial charge < -0.3 is 20.1 Å². The van der Waals surface area contributed by atoms with Crippen LogP contribution in [0.2, 0.25) is 5.02 Å². The SMILES string of the molecule is CCOC(=O)[C@@H](C)NC(=O)Nc1ccc2nc(-c3cccc(Cl)c3)cc(OCC)c2c1. The van der Waals surface area contributed by atoms with Gasteiger partial charge in [-0.3, -0.25) is 0 Å². The molecule has 162 valence electrons. The quantitative estimate of drug-likeness (QED) is 0.502. The van der Waals surface area contributed by atoms with Gasteiger partial charge in [0.2, 0.25) is 0 Å². The molecular formula is C23H24ClN3O4. The number of rotatable bonds is 7. The number of ether oxygens (including phenoxy) is 2. The summed E-state index contributed by atoms with van der Waals surface area (Å²) in [5, 5.41) is 6.66. The minimum absolute atomic E-state index is 0.252. The number of pyridine rings is 1. The number of hydrogen-bond acceptors (Lipinski definition) is 5. The maximum Gasteiger partial charge on any atom is 0.328 e. The van der Waals surface area contributed by atoms with Crippen LogP contribution in [0.4, 0.5) is 10.5 Å². The molecule has 0 bridgehead atoms. The molecule has 0 saturated carbocycles. The number of urea groups is 1. The molecule has 0 spiro atoms. The van der Waals surface area contributed by atoms with Gasteiger partial charge in [0.05, 0.1) is 24.4 Å². The van der Waals surface area contributed by atoms with Crippen molar-refractivity contribution in [2.45, 2.75) is 26.8 Å². The average Bonchev–Trinajstić information content (AvgIpc) is 2.74. The number of nitrogens with zero attached hydrogens (tertiary/aromatic N) is 1. The first-order valence-electron chi connectivity index (χ1n) is 9.99. The zero-order valence-corrected chi connectivity index (χ0v) is 18.3. The lowest BCUT2D eigenvalue weighted by molar-refractivity contribution is -0.144. The van der Waals surface area contributed by atoms with Crippen molar-refractivity contribution < 1.29 is 19.1 Å². The molecule has 2 N–H and O–H groups in total. The zero-order chi connectivity index (χ0) is 22.4. The number of amides is 2. The van der Waals surface area contributed by atoms with E-state index in [-0.39, 0.29) is 6.61 Å². The highest BCUT2D eigenvalue weighted by Gasteiger charge is 2.17. The fourth-order valence-corrected chi connectivity index (χ4v) is 3.22.